The third kappa shape index (κ3) is 2.14. The molecule has 0 atom stereocenters. The summed E-state index contributed by atoms with van der Waals surface area (Å²) >= 11 is 5.80. The lowest BCUT2D eigenvalue weighted by Gasteiger charge is -2.37. The Labute approximate surface area is 106 Å². The van der Waals surface area contributed by atoms with Crippen LogP contribution in [0.25, 0.3) is 0 Å². The van der Waals surface area contributed by atoms with E-state index in [1.54, 1.807) is 0 Å². The van der Waals surface area contributed by atoms with Gasteiger partial charge in [-0.3, -0.25) is 0 Å². The molecule has 3 N–H and O–H groups in total. The fraction of sp³-hybridized carbons (Fsp3) is 0.538. The summed E-state index contributed by atoms with van der Waals surface area (Å²) < 4.78 is 14.1. The summed E-state index contributed by atoms with van der Waals surface area (Å²) in [4.78, 5) is 0. The van der Waals surface area contributed by atoms with Gasteiger partial charge in [0.2, 0.25) is 0 Å². The molecule has 2 nitrogen and oxygen atoms in total. The van der Waals surface area contributed by atoms with Crippen LogP contribution in [0.2, 0.25) is 5.02 Å². The van der Waals surface area contributed by atoms with Gasteiger partial charge in [-0.25, -0.2) is 4.39 Å². The lowest BCUT2D eigenvalue weighted by molar-refractivity contribution is 0.281. The summed E-state index contributed by atoms with van der Waals surface area (Å²) in [5.74, 6) is -0.543. The quantitative estimate of drug-likeness (QED) is 0.854. The van der Waals surface area contributed by atoms with Crippen molar-refractivity contribution >= 4 is 11.6 Å². The van der Waals surface area contributed by atoms with Gasteiger partial charge in [0.15, 0.2) is 0 Å². The van der Waals surface area contributed by atoms with Gasteiger partial charge in [0, 0.05) is 17.5 Å². The second-order valence-corrected chi connectivity index (χ2v) is 5.21. The molecule has 0 radical (unpaired) electrons. The van der Waals surface area contributed by atoms with Crippen molar-refractivity contribution in [2.24, 2.45) is 5.73 Å². The number of rotatable bonds is 2. The maximum atomic E-state index is 14.1. The van der Waals surface area contributed by atoms with E-state index in [9.17, 15) is 9.50 Å². The van der Waals surface area contributed by atoms with E-state index >= 15 is 0 Å². The van der Waals surface area contributed by atoms with E-state index in [2.05, 4.69) is 0 Å². The molecule has 0 saturated heterocycles. The Morgan fingerprint density at radius 2 is 1.94 bits per heavy atom. The van der Waals surface area contributed by atoms with E-state index in [4.69, 9.17) is 17.3 Å². The molecule has 1 aliphatic rings. The van der Waals surface area contributed by atoms with Crippen molar-refractivity contribution in [2.75, 3.05) is 6.54 Å². The fourth-order valence-electron chi connectivity index (χ4n) is 2.83. The topological polar surface area (TPSA) is 46.2 Å². The minimum absolute atomic E-state index is 0.0285. The zero-order valence-corrected chi connectivity index (χ0v) is 10.4. The summed E-state index contributed by atoms with van der Waals surface area (Å²) in [6.07, 6.45) is 4.80. The van der Waals surface area contributed by atoms with Crippen LogP contribution < -0.4 is 5.73 Å². The molecule has 1 fully saturated rings. The Morgan fingerprint density at radius 1 is 1.29 bits per heavy atom. The van der Waals surface area contributed by atoms with Gasteiger partial charge in [0.1, 0.15) is 11.6 Å². The number of benzene rings is 1. The van der Waals surface area contributed by atoms with Gasteiger partial charge in [-0.15, -0.1) is 0 Å². The van der Waals surface area contributed by atoms with Crippen molar-refractivity contribution < 1.29 is 9.50 Å². The summed E-state index contributed by atoms with van der Waals surface area (Å²) in [6.45, 7) is 0.345. The number of hydrogen-bond donors (Lipinski definition) is 2. The van der Waals surface area contributed by atoms with Gasteiger partial charge in [-0.2, -0.15) is 0 Å². The number of phenols is 1. The summed E-state index contributed by atoms with van der Waals surface area (Å²) in [5, 5.41) is 9.96. The zero-order valence-electron chi connectivity index (χ0n) is 9.68. The molecule has 0 aliphatic heterocycles. The second kappa shape index (κ2) is 4.83. The molecule has 0 spiro atoms. The minimum Gasteiger partial charge on any atom is -0.508 e. The largest absolute Gasteiger partial charge is 0.508 e. The first kappa shape index (κ1) is 12.7. The smallest absolute Gasteiger partial charge is 0.149 e. The Bertz CT molecular complexity index is 416. The van der Waals surface area contributed by atoms with Crippen molar-refractivity contribution in [2.45, 2.75) is 37.5 Å². The molecule has 1 aromatic rings. The van der Waals surface area contributed by atoms with Crippen molar-refractivity contribution in [3.05, 3.63) is 28.5 Å². The molecule has 17 heavy (non-hydrogen) atoms. The van der Waals surface area contributed by atoms with Gasteiger partial charge < -0.3 is 10.8 Å². The monoisotopic (exact) mass is 257 g/mol. The molecule has 4 heteroatoms. The lowest BCUT2D eigenvalue weighted by Crippen LogP contribution is -2.38. The predicted octanol–water partition coefficient (Wildman–Crippen LogP) is 3.35. The normalized spacial score (nSPS) is 19.2. The third-order valence-corrected chi connectivity index (χ3v) is 4.10. The molecular formula is C13H17ClFNO. The maximum Gasteiger partial charge on any atom is 0.149 e. The first-order chi connectivity index (χ1) is 8.10. The molecule has 0 aromatic heterocycles. The van der Waals surface area contributed by atoms with Gasteiger partial charge in [0.25, 0.3) is 0 Å². The van der Waals surface area contributed by atoms with Crippen LogP contribution >= 0.6 is 11.6 Å². The molecule has 1 aliphatic carbocycles. The summed E-state index contributed by atoms with van der Waals surface area (Å²) in [7, 11) is 0. The van der Waals surface area contributed by atoms with E-state index in [0.29, 0.717) is 12.1 Å². The van der Waals surface area contributed by atoms with Crippen LogP contribution in [-0.2, 0) is 5.41 Å². The number of aromatic hydroxyl groups is 1. The van der Waals surface area contributed by atoms with Crippen molar-refractivity contribution in [1.82, 2.24) is 0 Å². The van der Waals surface area contributed by atoms with Crippen LogP contribution in [0.3, 0.4) is 0 Å². The standard InChI is InChI=1S/C13H17ClFNO/c14-9-4-5-10(17)11(12(9)15)13(8-16)6-2-1-3-7-13/h4-5,17H,1-3,6-8,16H2. The number of nitrogens with two attached hydrogens (primary N) is 1. The molecule has 1 saturated carbocycles. The maximum absolute atomic E-state index is 14.1. The van der Waals surface area contributed by atoms with Crippen LogP contribution in [0.5, 0.6) is 5.75 Å². The first-order valence-electron chi connectivity index (χ1n) is 5.98. The van der Waals surface area contributed by atoms with E-state index < -0.39 is 11.2 Å². The summed E-state index contributed by atoms with van der Waals surface area (Å²) in [6, 6.07) is 2.83. The van der Waals surface area contributed by atoms with Gasteiger partial charge >= 0.3 is 0 Å². The number of halogens is 2. The van der Waals surface area contributed by atoms with Crippen LogP contribution in [0.15, 0.2) is 12.1 Å². The molecule has 2 rings (SSSR count). The van der Waals surface area contributed by atoms with Crippen LogP contribution in [0.1, 0.15) is 37.7 Å². The fourth-order valence-corrected chi connectivity index (χ4v) is 2.99. The van der Waals surface area contributed by atoms with Crippen LogP contribution in [0.4, 0.5) is 4.39 Å². The van der Waals surface area contributed by atoms with Crippen LogP contribution in [0, 0.1) is 5.82 Å². The van der Waals surface area contributed by atoms with E-state index in [1.807, 2.05) is 0 Å². The molecule has 1 aromatic carbocycles. The minimum atomic E-state index is -0.515. The average molecular weight is 258 g/mol. The van der Waals surface area contributed by atoms with E-state index in [1.165, 1.54) is 12.1 Å². The highest BCUT2D eigenvalue weighted by Gasteiger charge is 2.37. The first-order valence-corrected chi connectivity index (χ1v) is 6.36. The molecule has 0 amide bonds. The molecule has 94 valence electrons. The van der Waals surface area contributed by atoms with Crippen molar-refractivity contribution in [3.63, 3.8) is 0 Å². The third-order valence-electron chi connectivity index (χ3n) is 3.80. The Hall–Kier alpha value is -0.800. The average Bonchev–Trinajstić information content (AvgIpc) is 2.35. The number of phenolic OH excluding ortho intramolecular Hbond substituents is 1. The molecule has 0 bridgehead atoms. The molecule has 0 unspecified atom stereocenters. The Balaban J connectivity index is 2.53. The highest BCUT2D eigenvalue weighted by Crippen LogP contribution is 2.44. The van der Waals surface area contributed by atoms with Crippen molar-refractivity contribution in [1.29, 1.82) is 0 Å². The van der Waals surface area contributed by atoms with E-state index in [0.717, 1.165) is 32.1 Å². The molecule has 0 heterocycles. The van der Waals surface area contributed by atoms with E-state index in [-0.39, 0.29) is 10.8 Å². The molecular weight excluding hydrogens is 241 g/mol. The highest BCUT2D eigenvalue weighted by atomic mass is 35.5. The Kier molecular flexibility index (Phi) is 3.59. The van der Waals surface area contributed by atoms with Gasteiger partial charge in [0.05, 0.1) is 5.02 Å². The highest BCUT2D eigenvalue weighted by molar-refractivity contribution is 6.30. The summed E-state index contributed by atoms with van der Waals surface area (Å²) in [5.41, 5.74) is 5.70. The zero-order chi connectivity index (χ0) is 12.5. The predicted molar refractivity (Wildman–Crippen MR) is 66.9 cm³/mol. The SMILES string of the molecule is NCC1(c2c(O)ccc(Cl)c2F)CCCCC1. The lowest BCUT2D eigenvalue weighted by atomic mass is 9.69. The Morgan fingerprint density at radius 3 is 2.53 bits per heavy atom. The van der Waals surface area contributed by atoms with Gasteiger partial charge in [-0.05, 0) is 25.0 Å². The number of hydrogen-bond acceptors (Lipinski definition) is 2. The van der Waals surface area contributed by atoms with Crippen LogP contribution in [-0.4, -0.2) is 11.7 Å². The van der Waals surface area contributed by atoms with Gasteiger partial charge in [-0.1, -0.05) is 30.9 Å². The van der Waals surface area contributed by atoms with Crippen molar-refractivity contribution in [3.8, 4) is 5.75 Å². The second-order valence-electron chi connectivity index (χ2n) is 4.80.